The lowest BCUT2D eigenvalue weighted by Crippen LogP contribution is -2.23. The van der Waals surface area contributed by atoms with Crippen molar-refractivity contribution >= 4 is 11.6 Å². The van der Waals surface area contributed by atoms with E-state index in [9.17, 15) is 4.79 Å². The standard InChI is InChI=1S/C10H15N3O/c1-2-3-10(4-5-10)9(14)13-8-6-11-12-7-8/h6-7H,2-5H2,1H3,(H,11,12)(H,13,14). The van der Waals surface area contributed by atoms with E-state index in [1.54, 1.807) is 12.4 Å². The summed E-state index contributed by atoms with van der Waals surface area (Å²) in [7, 11) is 0. The second-order valence-corrected chi connectivity index (χ2v) is 3.97. The van der Waals surface area contributed by atoms with E-state index < -0.39 is 0 Å². The Labute approximate surface area is 83.1 Å². The number of H-pyrrole nitrogens is 1. The third kappa shape index (κ3) is 1.64. The molecule has 0 atom stereocenters. The van der Waals surface area contributed by atoms with Gasteiger partial charge in [0.25, 0.3) is 0 Å². The molecule has 1 aliphatic carbocycles. The monoisotopic (exact) mass is 193 g/mol. The molecular formula is C10H15N3O. The summed E-state index contributed by atoms with van der Waals surface area (Å²) in [4.78, 5) is 11.8. The molecule has 0 aliphatic heterocycles. The van der Waals surface area contributed by atoms with Crippen LogP contribution in [0.5, 0.6) is 0 Å². The number of nitrogens with one attached hydrogen (secondary N) is 2. The van der Waals surface area contributed by atoms with E-state index in [1.807, 2.05) is 0 Å². The average Bonchev–Trinajstić information content (AvgIpc) is 2.77. The van der Waals surface area contributed by atoms with Crippen LogP contribution in [0.3, 0.4) is 0 Å². The van der Waals surface area contributed by atoms with Gasteiger partial charge >= 0.3 is 0 Å². The lowest BCUT2D eigenvalue weighted by Gasteiger charge is -2.12. The Bertz CT molecular complexity index is 314. The molecule has 0 saturated heterocycles. The van der Waals surface area contributed by atoms with E-state index >= 15 is 0 Å². The first kappa shape index (κ1) is 9.24. The Hall–Kier alpha value is -1.32. The molecule has 2 rings (SSSR count). The van der Waals surface area contributed by atoms with Gasteiger partial charge in [0.15, 0.2) is 0 Å². The lowest BCUT2D eigenvalue weighted by molar-refractivity contribution is -0.121. The topological polar surface area (TPSA) is 57.8 Å². The van der Waals surface area contributed by atoms with E-state index in [2.05, 4.69) is 22.4 Å². The van der Waals surface area contributed by atoms with E-state index in [0.29, 0.717) is 0 Å². The Morgan fingerprint density at radius 2 is 2.50 bits per heavy atom. The van der Waals surface area contributed by atoms with Crippen molar-refractivity contribution < 1.29 is 4.79 Å². The van der Waals surface area contributed by atoms with Crippen molar-refractivity contribution in [3.63, 3.8) is 0 Å². The molecule has 0 radical (unpaired) electrons. The Morgan fingerprint density at radius 1 is 1.71 bits per heavy atom. The number of carbonyl (C=O) groups is 1. The number of anilines is 1. The van der Waals surface area contributed by atoms with Crippen molar-refractivity contribution in [1.29, 1.82) is 0 Å². The second-order valence-electron chi connectivity index (χ2n) is 3.97. The fourth-order valence-corrected chi connectivity index (χ4v) is 1.80. The van der Waals surface area contributed by atoms with Gasteiger partial charge in [0.2, 0.25) is 5.91 Å². The van der Waals surface area contributed by atoms with Gasteiger partial charge in [0, 0.05) is 11.6 Å². The second kappa shape index (κ2) is 3.44. The van der Waals surface area contributed by atoms with Gasteiger partial charge in [-0.2, -0.15) is 5.10 Å². The van der Waals surface area contributed by atoms with Crippen LogP contribution in [0.1, 0.15) is 32.6 Å². The molecule has 14 heavy (non-hydrogen) atoms. The van der Waals surface area contributed by atoms with Gasteiger partial charge in [-0.05, 0) is 19.3 Å². The van der Waals surface area contributed by atoms with Crippen molar-refractivity contribution in [2.45, 2.75) is 32.6 Å². The Kier molecular flexibility index (Phi) is 2.27. The SMILES string of the molecule is CCCC1(C(=O)Nc2cn[nH]c2)CC1. The largest absolute Gasteiger partial charge is 0.323 e. The number of carbonyl (C=O) groups excluding carboxylic acids is 1. The predicted molar refractivity (Wildman–Crippen MR) is 53.8 cm³/mol. The molecule has 1 saturated carbocycles. The fraction of sp³-hybridized carbons (Fsp3) is 0.600. The zero-order chi connectivity index (χ0) is 10.0. The van der Waals surface area contributed by atoms with Crippen molar-refractivity contribution in [3.8, 4) is 0 Å². The summed E-state index contributed by atoms with van der Waals surface area (Å²) in [6, 6.07) is 0. The molecule has 76 valence electrons. The van der Waals surface area contributed by atoms with Gasteiger partial charge in [-0.25, -0.2) is 0 Å². The first-order valence-electron chi connectivity index (χ1n) is 5.07. The highest BCUT2D eigenvalue weighted by Crippen LogP contribution is 2.50. The normalized spacial score (nSPS) is 17.8. The van der Waals surface area contributed by atoms with Crippen LogP contribution in [0, 0.1) is 5.41 Å². The minimum Gasteiger partial charge on any atom is -0.323 e. The van der Waals surface area contributed by atoms with Crippen LogP contribution in [0.25, 0.3) is 0 Å². The van der Waals surface area contributed by atoms with Crippen molar-refractivity contribution in [1.82, 2.24) is 10.2 Å². The summed E-state index contributed by atoms with van der Waals surface area (Å²) in [6.45, 7) is 2.12. The number of hydrogen-bond acceptors (Lipinski definition) is 2. The van der Waals surface area contributed by atoms with E-state index in [1.165, 1.54) is 0 Å². The number of hydrogen-bond donors (Lipinski definition) is 2. The highest BCUT2D eigenvalue weighted by Gasteiger charge is 2.48. The van der Waals surface area contributed by atoms with Crippen LogP contribution in [-0.2, 0) is 4.79 Å². The van der Waals surface area contributed by atoms with Crippen LogP contribution >= 0.6 is 0 Å². The van der Waals surface area contributed by atoms with Crippen molar-refractivity contribution in [3.05, 3.63) is 12.4 Å². The molecule has 0 unspecified atom stereocenters. The minimum atomic E-state index is -0.0635. The zero-order valence-electron chi connectivity index (χ0n) is 8.34. The average molecular weight is 193 g/mol. The highest BCUT2D eigenvalue weighted by molar-refractivity contribution is 5.96. The minimum absolute atomic E-state index is 0.0635. The molecule has 0 bridgehead atoms. The Balaban J connectivity index is 1.96. The van der Waals surface area contributed by atoms with Crippen molar-refractivity contribution in [2.75, 3.05) is 5.32 Å². The third-order valence-corrected chi connectivity index (χ3v) is 2.82. The van der Waals surface area contributed by atoms with Gasteiger partial charge in [0.1, 0.15) is 0 Å². The molecule has 4 nitrogen and oxygen atoms in total. The molecule has 2 N–H and O–H groups in total. The molecule has 1 aromatic rings. The van der Waals surface area contributed by atoms with Crippen LogP contribution in [0.2, 0.25) is 0 Å². The maximum absolute atomic E-state index is 11.8. The van der Waals surface area contributed by atoms with E-state index in [4.69, 9.17) is 0 Å². The smallest absolute Gasteiger partial charge is 0.230 e. The fourth-order valence-electron chi connectivity index (χ4n) is 1.80. The molecule has 1 fully saturated rings. The van der Waals surface area contributed by atoms with Gasteiger partial charge in [-0.1, -0.05) is 13.3 Å². The number of aromatic amines is 1. The van der Waals surface area contributed by atoms with Gasteiger partial charge in [-0.15, -0.1) is 0 Å². The summed E-state index contributed by atoms with van der Waals surface area (Å²) >= 11 is 0. The molecule has 1 amide bonds. The molecule has 1 aliphatic rings. The van der Waals surface area contributed by atoms with Crippen LogP contribution in [0.4, 0.5) is 5.69 Å². The summed E-state index contributed by atoms with van der Waals surface area (Å²) in [5, 5.41) is 9.33. The summed E-state index contributed by atoms with van der Waals surface area (Å²) in [5.41, 5.74) is 0.698. The summed E-state index contributed by atoms with van der Waals surface area (Å²) in [5.74, 6) is 0.153. The maximum Gasteiger partial charge on any atom is 0.230 e. The summed E-state index contributed by atoms with van der Waals surface area (Å²) in [6.07, 6.45) is 7.45. The van der Waals surface area contributed by atoms with Gasteiger partial charge in [0.05, 0.1) is 11.9 Å². The lowest BCUT2D eigenvalue weighted by atomic mass is 10.00. The molecular weight excluding hydrogens is 178 g/mol. The first-order valence-corrected chi connectivity index (χ1v) is 5.07. The predicted octanol–water partition coefficient (Wildman–Crippen LogP) is 1.93. The summed E-state index contributed by atoms with van der Waals surface area (Å²) < 4.78 is 0. The van der Waals surface area contributed by atoms with Crippen LogP contribution < -0.4 is 5.32 Å². The number of aromatic nitrogens is 2. The number of nitrogens with zero attached hydrogens (tertiary/aromatic N) is 1. The third-order valence-electron chi connectivity index (χ3n) is 2.82. The van der Waals surface area contributed by atoms with Gasteiger partial charge < -0.3 is 5.32 Å². The van der Waals surface area contributed by atoms with E-state index in [0.717, 1.165) is 31.4 Å². The van der Waals surface area contributed by atoms with Crippen LogP contribution in [-0.4, -0.2) is 16.1 Å². The first-order chi connectivity index (χ1) is 6.77. The molecule has 0 spiro atoms. The number of amides is 1. The maximum atomic E-state index is 11.8. The number of rotatable bonds is 4. The Morgan fingerprint density at radius 3 is 3.00 bits per heavy atom. The highest BCUT2D eigenvalue weighted by atomic mass is 16.2. The van der Waals surface area contributed by atoms with E-state index in [-0.39, 0.29) is 11.3 Å². The zero-order valence-corrected chi connectivity index (χ0v) is 8.34. The quantitative estimate of drug-likeness (QED) is 0.767. The molecule has 1 aromatic heterocycles. The van der Waals surface area contributed by atoms with Crippen LogP contribution in [0.15, 0.2) is 12.4 Å². The molecule has 4 heteroatoms. The van der Waals surface area contributed by atoms with Crippen molar-refractivity contribution in [2.24, 2.45) is 5.41 Å². The van der Waals surface area contributed by atoms with Gasteiger partial charge in [-0.3, -0.25) is 9.89 Å². The molecule has 1 heterocycles. The molecule has 0 aromatic carbocycles.